The Morgan fingerprint density at radius 3 is 2.50 bits per heavy atom. The van der Waals surface area contributed by atoms with E-state index in [1.165, 1.54) is 24.3 Å². The van der Waals surface area contributed by atoms with E-state index in [0.29, 0.717) is 17.7 Å². The van der Waals surface area contributed by atoms with Gasteiger partial charge in [0.25, 0.3) is 0 Å². The van der Waals surface area contributed by atoms with Gasteiger partial charge < -0.3 is 20.7 Å². The maximum Gasteiger partial charge on any atom is 0.348 e. The predicted molar refractivity (Wildman–Crippen MR) is 88.9 cm³/mol. The average molecular weight is 324 g/mol. The highest BCUT2D eigenvalue weighted by molar-refractivity contribution is 5.97. The van der Waals surface area contributed by atoms with Gasteiger partial charge in [-0.3, -0.25) is 0 Å². The number of hydrogen-bond donors (Lipinski definition) is 3. The SMILES string of the molecule is N#CC(=Cc1ccc(O)c(O)c1)C(=O)OCCc1ccc(N)cc1. The molecule has 2 aromatic rings. The van der Waals surface area contributed by atoms with Crippen molar-refractivity contribution in [3.63, 3.8) is 0 Å². The quantitative estimate of drug-likeness (QED) is 0.256. The van der Waals surface area contributed by atoms with Crippen molar-refractivity contribution in [3.8, 4) is 17.6 Å². The highest BCUT2D eigenvalue weighted by Gasteiger charge is 2.11. The molecule has 4 N–H and O–H groups in total. The smallest absolute Gasteiger partial charge is 0.348 e. The number of ether oxygens (including phenoxy) is 1. The summed E-state index contributed by atoms with van der Waals surface area (Å²) >= 11 is 0. The number of nitrogens with zero attached hydrogens (tertiary/aromatic N) is 1. The van der Waals surface area contributed by atoms with Crippen molar-refractivity contribution in [2.45, 2.75) is 6.42 Å². The van der Waals surface area contributed by atoms with E-state index < -0.39 is 5.97 Å². The van der Waals surface area contributed by atoms with Crippen LogP contribution in [-0.2, 0) is 16.0 Å². The second kappa shape index (κ2) is 7.70. The third kappa shape index (κ3) is 4.52. The molecule has 122 valence electrons. The molecule has 0 unspecified atom stereocenters. The van der Waals surface area contributed by atoms with Crippen LogP contribution >= 0.6 is 0 Å². The van der Waals surface area contributed by atoms with Gasteiger partial charge in [-0.25, -0.2) is 4.79 Å². The van der Waals surface area contributed by atoms with Gasteiger partial charge in [-0.05, 0) is 41.5 Å². The summed E-state index contributed by atoms with van der Waals surface area (Å²) in [5.74, 6) is -1.37. The van der Waals surface area contributed by atoms with Gasteiger partial charge in [0, 0.05) is 12.1 Å². The van der Waals surface area contributed by atoms with E-state index in [9.17, 15) is 15.0 Å². The maximum absolute atomic E-state index is 11.9. The molecule has 0 saturated heterocycles. The minimum absolute atomic E-state index is 0.128. The lowest BCUT2D eigenvalue weighted by atomic mass is 10.1. The van der Waals surface area contributed by atoms with E-state index in [4.69, 9.17) is 15.7 Å². The Morgan fingerprint density at radius 1 is 1.17 bits per heavy atom. The molecule has 0 saturated carbocycles. The molecule has 0 aliphatic rings. The summed E-state index contributed by atoms with van der Waals surface area (Å²) in [4.78, 5) is 11.9. The Morgan fingerprint density at radius 2 is 1.88 bits per heavy atom. The first-order chi connectivity index (χ1) is 11.5. The van der Waals surface area contributed by atoms with Crippen LogP contribution in [0.3, 0.4) is 0 Å². The molecule has 0 radical (unpaired) electrons. The number of anilines is 1. The van der Waals surface area contributed by atoms with E-state index in [1.807, 2.05) is 12.1 Å². The van der Waals surface area contributed by atoms with Crippen LogP contribution in [0.4, 0.5) is 5.69 Å². The number of carbonyl (C=O) groups is 1. The summed E-state index contributed by atoms with van der Waals surface area (Å²) in [6.45, 7) is 0.128. The second-order valence-corrected chi connectivity index (χ2v) is 5.05. The number of phenolic OH excluding ortho intramolecular Hbond substituents is 2. The first-order valence-electron chi connectivity index (χ1n) is 7.15. The summed E-state index contributed by atoms with van der Waals surface area (Å²) in [6.07, 6.45) is 1.79. The van der Waals surface area contributed by atoms with Crippen LogP contribution in [0.5, 0.6) is 11.5 Å². The van der Waals surface area contributed by atoms with Crippen LogP contribution in [0.15, 0.2) is 48.0 Å². The number of aromatic hydroxyl groups is 2. The Hall–Kier alpha value is -3.46. The fourth-order valence-electron chi connectivity index (χ4n) is 1.96. The number of benzene rings is 2. The highest BCUT2D eigenvalue weighted by atomic mass is 16.5. The molecule has 0 fully saturated rings. The molecule has 0 aliphatic heterocycles. The van der Waals surface area contributed by atoms with Gasteiger partial charge in [-0.1, -0.05) is 18.2 Å². The van der Waals surface area contributed by atoms with Crippen molar-refractivity contribution in [2.24, 2.45) is 0 Å². The number of nitriles is 1. The van der Waals surface area contributed by atoms with Crippen molar-refractivity contribution in [2.75, 3.05) is 12.3 Å². The zero-order valence-electron chi connectivity index (χ0n) is 12.8. The van der Waals surface area contributed by atoms with Crippen LogP contribution in [0.25, 0.3) is 6.08 Å². The molecular formula is C18H16N2O4. The van der Waals surface area contributed by atoms with E-state index in [2.05, 4.69) is 0 Å². The molecule has 0 bridgehead atoms. The largest absolute Gasteiger partial charge is 0.504 e. The van der Waals surface area contributed by atoms with Gasteiger partial charge >= 0.3 is 5.97 Å². The molecule has 6 heteroatoms. The van der Waals surface area contributed by atoms with Crippen molar-refractivity contribution >= 4 is 17.7 Å². The first kappa shape index (κ1) is 16.9. The minimum Gasteiger partial charge on any atom is -0.504 e. The molecule has 2 aromatic carbocycles. The molecule has 0 atom stereocenters. The second-order valence-electron chi connectivity index (χ2n) is 5.05. The normalized spacial score (nSPS) is 10.9. The van der Waals surface area contributed by atoms with Gasteiger partial charge in [0.05, 0.1) is 6.61 Å². The Bertz CT molecular complexity index is 805. The predicted octanol–water partition coefficient (Wildman–Crippen LogP) is 2.37. The van der Waals surface area contributed by atoms with E-state index >= 15 is 0 Å². The number of nitrogens with two attached hydrogens (primary N) is 1. The van der Waals surface area contributed by atoms with Crippen LogP contribution < -0.4 is 5.73 Å². The summed E-state index contributed by atoms with van der Waals surface area (Å²) in [5.41, 5.74) is 7.41. The Balaban J connectivity index is 1.98. The maximum atomic E-state index is 11.9. The summed E-state index contributed by atoms with van der Waals surface area (Å²) < 4.78 is 5.08. The third-order valence-electron chi connectivity index (χ3n) is 3.25. The zero-order valence-corrected chi connectivity index (χ0v) is 12.8. The number of hydrogen-bond acceptors (Lipinski definition) is 6. The lowest BCUT2D eigenvalue weighted by Gasteiger charge is -2.05. The molecule has 0 aromatic heterocycles. The fourth-order valence-corrected chi connectivity index (χ4v) is 1.96. The van der Waals surface area contributed by atoms with Gasteiger partial charge in [-0.2, -0.15) is 5.26 Å². The Kier molecular flexibility index (Phi) is 5.42. The van der Waals surface area contributed by atoms with Gasteiger partial charge in [0.15, 0.2) is 11.5 Å². The molecule has 24 heavy (non-hydrogen) atoms. The van der Waals surface area contributed by atoms with Crippen LogP contribution in [0.2, 0.25) is 0 Å². The molecular weight excluding hydrogens is 308 g/mol. The first-order valence-corrected chi connectivity index (χ1v) is 7.15. The lowest BCUT2D eigenvalue weighted by Crippen LogP contribution is -2.09. The number of nitrogen functional groups attached to an aromatic ring is 1. The zero-order chi connectivity index (χ0) is 17.5. The fraction of sp³-hybridized carbons (Fsp3) is 0.111. The summed E-state index contributed by atoms with van der Waals surface area (Å²) in [5, 5.41) is 27.8. The third-order valence-corrected chi connectivity index (χ3v) is 3.25. The van der Waals surface area contributed by atoms with Gasteiger partial charge in [0.2, 0.25) is 0 Å². The van der Waals surface area contributed by atoms with Gasteiger partial charge in [-0.15, -0.1) is 0 Å². The van der Waals surface area contributed by atoms with Crippen LogP contribution in [-0.4, -0.2) is 22.8 Å². The monoisotopic (exact) mass is 324 g/mol. The van der Waals surface area contributed by atoms with Crippen molar-refractivity contribution < 1.29 is 19.7 Å². The lowest BCUT2D eigenvalue weighted by molar-refractivity contribution is -0.138. The molecule has 0 aliphatic carbocycles. The van der Waals surface area contributed by atoms with E-state index in [0.717, 1.165) is 5.56 Å². The Labute approximate surface area is 139 Å². The molecule has 2 rings (SSSR count). The molecule has 0 amide bonds. The molecule has 0 heterocycles. The summed E-state index contributed by atoms with van der Waals surface area (Å²) in [7, 11) is 0. The van der Waals surface area contributed by atoms with Crippen LogP contribution in [0, 0.1) is 11.3 Å². The topological polar surface area (TPSA) is 117 Å². The average Bonchev–Trinajstić information content (AvgIpc) is 2.57. The molecule has 6 nitrogen and oxygen atoms in total. The number of carbonyl (C=O) groups excluding carboxylic acids is 1. The number of phenols is 2. The standard InChI is InChI=1S/C18H16N2O4/c19-11-14(9-13-3-6-16(21)17(22)10-13)18(23)24-8-7-12-1-4-15(20)5-2-12/h1-6,9-10,21-22H,7-8,20H2. The number of esters is 1. The molecule has 0 spiro atoms. The van der Waals surface area contributed by atoms with Crippen molar-refractivity contribution in [1.82, 2.24) is 0 Å². The van der Waals surface area contributed by atoms with Crippen LogP contribution in [0.1, 0.15) is 11.1 Å². The van der Waals surface area contributed by atoms with Crippen molar-refractivity contribution in [3.05, 3.63) is 59.2 Å². The highest BCUT2D eigenvalue weighted by Crippen LogP contribution is 2.26. The number of rotatable bonds is 5. The van der Waals surface area contributed by atoms with E-state index in [-0.39, 0.29) is 23.7 Å². The van der Waals surface area contributed by atoms with Crippen molar-refractivity contribution in [1.29, 1.82) is 5.26 Å². The summed E-state index contributed by atoms with van der Waals surface area (Å²) in [6, 6.07) is 12.9. The minimum atomic E-state index is -0.750. The van der Waals surface area contributed by atoms with E-state index in [1.54, 1.807) is 18.2 Å². The van der Waals surface area contributed by atoms with Gasteiger partial charge in [0.1, 0.15) is 11.6 Å².